The summed E-state index contributed by atoms with van der Waals surface area (Å²) in [4.78, 5) is 10.7. The molecule has 4 nitrogen and oxygen atoms in total. The minimum atomic E-state index is 0. The number of aryl methyl sites for hydroxylation is 1. The van der Waals surface area contributed by atoms with Gasteiger partial charge >= 0.3 is 0 Å². The van der Waals surface area contributed by atoms with Crippen molar-refractivity contribution < 1.29 is 0 Å². The molecule has 90 valence electrons. The van der Waals surface area contributed by atoms with Crippen LogP contribution in [0.2, 0.25) is 5.15 Å². The van der Waals surface area contributed by atoms with Crippen molar-refractivity contribution in [3.8, 4) is 0 Å². The number of nitrogens with zero attached hydrogens (tertiary/aromatic N) is 3. The summed E-state index contributed by atoms with van der Waals surface area (Å²) in [5.74, 6) is 0.704. The van der Waals surface area contributed by atoms with Gasteiger partial charge in [-0.15, -0.1) is 12.4 Å². The van der Waals surface area contributed by atoms with Crippen molar-refractivity contribution in [2.75, 3.05) is 18.0 Å². The van der Waals surface area contributed by atoms with E-state index in [1.54, 1.807) is 6.07 Å². The summed E-state index contributed by atoms with van der Waals surface area (Å²) < 4.78 is 0. The third-order valence-electron chi connectivity index (χ3n) is 2.55. The largest absolute Gasteiger partial charge is 0.339 e. The molecule has 0 bridgehead atoms. The molecule has 1 atom stereocenters. The molecule has 1 unspecified atom stereocenters. The number of anilines is 1. The number of hydrogen-bond acceptors (Lipinski definition) is 4. The van der Waals surface area contributed by atoms with Crippen LogP contribution >= 0.6 is 24.0 Å². The average Bonchev–Trinajstić information content (AvgIpc) is 2.16. The van der Waals surface area contributed by atoms with Gasteiger partial charge in [0.25, 0.3) is 0 Å². The Morgan fingerprint density at radius 2 is 2.25 bits per heavy atom. The standard InChI is InChI=1S/C10H15ClN4.ClH/c1-7-5-9(11)14-10(13-7)15-4-2-3-8(12)6-15;/h5,8H,2-4,6,12H2,1H3;1H. The van der Waals surface area contributed by atoms with Gasteiger partial charge in [-0.25, -0.2) is 9.97 Å². The first-order valence-corrected chi connectivity index (χ1v) is 5.54. The lowest BCUT2D eigenvalue weighted by Gasteiger charge is -2.30. The molecular weight excluding hydrogens is 247 g/mol. The molecule has 1 aliphatic rings. The Kier molecular flexibility index (Phi) is 4.77. The normalized spacial score (nSPS) is 20.4. The zero-order chi connectivity index (χ0) is 10.8. The Hall–Kier alpha value is -0.580. The summed E-state index contributed by atoms with van der Waals surface area (Å²) in [6.45, 7) is 3.70. The second-order valence-corrected chi connectivity index (χ2v) is 4.37. The molecule has 0 aromatic carbocycles. The fraction of sp³-hybridized carbons (Fsp3) is 0.600. The molecular formula is C10H16Cl2N4. The van der Waals surface area contributed by atoms with E-state index in [1.807, 2.05) is 6.92 Å². The van der Waals surface area contributed by atoms with E-state index in [4.69, 9.17) is 17.3 Å². The highest BCUT2D eigenvalue weighted by Crippen LogP contribution is 2.17. The first-order valence-electron chi connectivity index (χ1n) is 5.17. The lowest BCUT2D eigenvalue weighted by Crippen LogP contribution is -2.43. The van der Waals surface area contributed by atoms with E-state index in [0.29, 0.717) is 11.1 Å². The molecule has 1 aliphatic heterocycles. The summed E-state index contributed by atoms with van der Waals surface area (Å²) in [6, 6.07) is 1.98. The Bertz CT molecular complexity index is 338. The predicted octanol–water partition coefficient (Wildman–Crippen LogP) is 1.79. The smallest absolute Gasteiger partial charge is 0.227 e. The maximum atomic E-state index is 5.91. The van der Waals surface area contributed by atoms with E-state index in [9.17, 15) is 0 Å². The van der Waals surface area contributed by atoms with E-state index in [-0.39, 0.29) is 18.4 Å². The quantitative estimate of drug-likeness (QED) is 0.785. The van der Waals surface area contributed by atoms with Crippen LogP contribution in [-0.2, 0) is 0 Å². The lowest BCUT2D eigenvalue weighted by atomic mass is 10.1. The molecule has 16 heavy (non-hydrogen) atoms. The van der Waals surface area contributed by atoms with Gasteiger partial charge in [0.1, 0.15) is 5.15 Å². The number of piperidine rings is 1. The molecule has 1 fully saturated rings. The van der Waals surface area contributed by atoms with Crippen molar-refractivity contribution in [1.82, 2.24) is 9.97 Å². The van der Waals surface area contributed by atoms with E-state index < -0.39 is 0 Å². The van der Waals surface area contributed by atoms with Crippen molar-refractivity contribution >= 4 is 30.0 Å². The van der Waals surface area contributed by atoms with Crippen molar-refractivity contribution in [1.29, 1.82) is 0 Å². The van der Waals surface area contributed by atoms with Crippen LogP contribution < -0.4 is 10.6 Å². The van der Waals surface area contributed by atoms with Crippen LogP contribution in [0.1, 0.15) is 18.5 Å². The SMILES string of the molecule is Cc1cc(Cl)nc(N2CCCC(N)C2)n1.Cl. The fourth-order valence-corrected chi connectivity index (χ4v) is 2.08. The molecule has 0 radical (unpaired) electrons. The number of halogens is 2. The first-order chi connectivity index (χ1) is 7.15. The number of rotatable bonds is 1. The highest BCUT2D eigenvalue weighted by molar-refractivity contribution is 6.29. The Morgan fingerprint density at radius 3 is 2.88 bits per heavy atom. The zero-order valence-electron chi connectivity index (χ0n) is 9.19. The van der Waals surface area contributed by atoms with Crippen molar-refractivity contribution in [2.45, 2.75) is 25.8 Å². The van der Waals surface area contributed by atoms with Gasteiger partial charge in [0.2, 0.25) is 5.95 Å². The van der Waals surface area contributed by atoms with Gasteiger partial charge in [0.05, 0.1) is 0 Å². The molecule has 2 heterocycles. The van der Waals surface area contributed by atoms with E-state index in [1.165, 1.54) is 0 Å². The van der Waals surface area contributed by atoms with Crippen LogP contribution in [-0.4, -0.2) is 29.1 Å². The predicted molar refractivity (Wildman–Crippen MR) is 68.4 cm³/mol. The Morgan fingerprint density at radius 1 is 1.50 bits per heavy atom. The molecule has 0 saturated carbocycles. The molecule has 1 aromatic heterocycles. The van der Waals surface area contributed by atoms with Crippen LogP contribution in [0.25, 0.3) is 0 Å². The Labute approximate surface area is 107 Å². The highest BCUT2D eigenvalue weighted by atomic mass is 35.5. The molecule has 2 N–H and O–H groups in total. The third-order valence-corrected chi connectivity index (χ3v) is 2.75. The highest BCUT2D eigenvalue weighted by Gasteiger charge is 2.19. The first kappa shape index (κ1) is 13.5. The molecule has 2 rings (SSSR count). The lowest BCUT2D eigenvalue weighted by molar-refractivity contribution is 0.499. The van der Waals surface area contributed by atoms with E-state index >= 15 is 0 Å². The van der Waals surface area contributed by atoms with Crippen molar-refractivity contribution in [3.05, 3.63) is 16.9 Å². The number of aromatic nitrogens is 2. The van der Waals surface area contributed by atoms with Crippen molar-refractivity contribution in [2.24, 2.45) is 5.73 Å². The summed E-state index contributed by atoms with van der Waals surface area (Å²) in [5, 5.41) is 0.497. The monoisotopic (exact) mass is 262 g/mol. The molecule has 0 spiro atoms. The molecule has 1 aromatic rings. The van der Waals surface area contributed by atoms with Gasteiger partial charge < -0.3 is 10.6 Å². The van der Waals surface area contributed by atoms with Crippen LogP contribution in [0.5, 0.6) is 0 Å². The fourth-order valence-electron chi connectivity index (χ4n) is 1.85. The van der Waals surface area contributed by atoms with Crippen LogP contribution in [0.4, 0.5) is 5.95 Å². The van der Waals surface area contributed by atoms with Gasteiger partial charge in [0, 0.05) is 24.8 Å². The van der Waals surface area contributed by atoms with Gasteiger partial charge in [-0.05, 0) is 25.8 Å². The summed E-state index contributed by atoms with van der Waals surface area (Å²) in [7, 11) is 0. The average molecular weight is 263 g/mol. The maximum absolute atomic E-state index is 5.91. The molecule has 1 saturated heterocycles. The van der Waals surface area contributed by atoms with Crippen LogP contribution in [0.15, 0.2) is 6.07 Å². The van der Waals surface area contributed by atoms with Crippen molar-refractivity contribution in [3.63, 3.8) is 0 Å². The second-order valence-electron chi connectivity index (χ2n) is 3.98. The van der Waals surface area contributed by atoms with Gasteiger partial charge in [-0.3, -0.25) is 0 Å². The van der Waals surface area contributed by atoms with Crippen LogP contribution in [0.3, 0.4) is 0 Å². The minimum absolute atomic E-state index is 0. The summed E-state index contributed by atoms with van der Waals surface area (Å²) >= 11 is 5.90. The van der Waals surface area contributed by atoms with Gasteiger partial charge in [-0.2, -0.15) is 0 Å². The van der Waals surface area contributed by atoms with E-state index in [2.05, 4.69) is 14.9 Å². The van der Waals surface area contributed by atoms with Gasteiger partial charge in [0.15, 0.2) is 0 Å². The van der Waals surface area contributed by atoms with Gasteiger partial charge in [-0.1, -0.05) is 11.6 Å². The number of nitrogens with two attached hydrogens (primary N) is 1. The Balaban J connectivity index is 0.00000128. The minimum Gasteiger partial charge on any atom is -0.339 e. The molecule has 0 aliphatic carbocycles. The van der Waals surface area contributed by atoms with Crippen LogP contribution in [0, 0.1) is 6.92 Å². The second kappa shape index (κ2) is 5.66. The molecule has 6 heteroatoms. The third kappa shape index (κ3) is 3.20. The summed E-state index contributed by atoms with van der Waals surface area (Å²) in [6.07, 6.45) is 2.17. The molecule has 0 amide bonds. The topological polar surface area (TPSA) is 55.0 Å². The maximum Gasteiger partial charge on any atom is 0.227 e. The zero-order valence-corrected chi connectivity index (χ0v) is 10.8. The number of hydrogen-bond donors (Lipinski definition) is 1. The van der Waals surface area contributed by atoms with E-state index in [0.717, 1.165) is 31.6 Å². The summed E-state index contributed by atoms with van der Waals surface area (Å²) in [5.41, 5.74) is 6.80.